The molecule has 0 saturated heterocycles. The van der Waals surface area contributed by atoms with E-state index in [1.54, 1.807) is 19.1 Å². The van der Waals surface area contributed by atoms with E-state index in [2.05, 4.69) is 4.98 Å². The zero-order chi connectivity index (χ0) is 12.3. The second-order valence-electron chi connectivity index (χ2n) is 3.13. The highest BCUT2D eigenvalue weighted by atomic mass is 19.4. The Morgan fingerprint density at radius 3 is 2.50 bits per heavy atom. The monoisotopic (exact) mass is 229 g/mol. The standard InChI is InChI=1S/C10H10F3N3/c1-6-3-2-4-8(16-6)7(5-14)9(15)10(11,12)13/h2-5,14H,15H2,1H3. The van der Waals surface area contributed by atoms with Crippen molar-refractivity contribution in [2.75, 3.05) is 0 Å². The zero-order valence-electron chi connectivity index (χ0n) is 8.47. The predicted octanol–water partition coefficient (Wildman–Crippen LogP) is 2.27. The summed E-state index contributed by atoms with van der Waals surface area (Å²) in [4.78, 5) is 3.89. The van der Waals surface area contributed by atoms with Crippen molar-refractivity contribution in [3.05, 3.63) is 35.3 Å². The number of aryl methyl sites for hydroxylation is 1. The third-order valence-electron chi connectivity index (χ3n) is 1.90. The van der Waals surface area contributed by atoms with Gasteiger partial charge in [0, 0.05) is 17.5 Å². The highest BCUT2D eigenvalue weighted by Gasteiger charge is 2.34. The number of allylic oxidation sites excluding steroid dienone is 2. The molecule has 0 aliphatic heterocycles. The van der Waals surface area contributed by atoms with E-state index in [0.29, 0.717) is 11.9 Å². The van der Waals surface area contributed by atoms with Crippen LogP contribution in [0.5, 0.6) is 0 Å². The van der Waals surface area contributed by atoms with Gasteiger partial charge in [-0.25, -0.2) is 0 Å². The van der Waals surface area contributed by atoms with Crippen LogP contribution < -0.4 is 5.73 Å². The minimum absolute atomic E-state index is 0.0461. The molecule has 0 atom stereocenters. The molecule has 0 spiro atoms. The van der Waals surface area contributed by atoms with Gasteiger partial charge in [0.15, 0.2) is 0 Å². The van der Waals surface area contributed by atoms with E-state index in [-0.39, 0.29) is 5.69 Å². The van der Waals surface area contributed by atoms with Gasteiger partial charge in [-0.2, -0.15) is 13.2 Å². The normalized spacial score (nSPS) is 13.2. The average Bonchev–Trinajstić information content (AvgIpc) is 2.17. The molecule has 1 rings (SSSR count). The lowest BCUT2D eigenvalue weighted by atomic mass is 10.1. The van der Waals surface area contributed by atoms with Crippen LogP contribution in [-0.4, -0.2) is 17.4 Å². The lowest BCUT2D eigenvalue weighted by Gasteiger charge is -2.10. The summed E-state index contributed by atoms with van der Waals surface area (Å²) in [5, 5.41) is 6.98. The molecule has 16 heavy (non-hydrogen) atoms. The maximum absolute atomic E-state index is 12.4. The average molecular weight is 229 g/mol. The molecular formula is C10H10F3N3. The van der Waals surface area contributed by atoms with Crippen molar-refractivity contribution in [3.63, 3.8) is 0 Å². The number of hydrogen-bond acceptors (Lipinski definition) is 3. The molecule has 0 unspecified atom stereocenters. The fraction of sp³-hybridized carbons (Fsp3) is 0.200. The SMILES string of the molecule is Cc1cccc(C(C=N)=C(N)C(F)(F)F)n1. The molecule has 0 aliphatic carbocycles. The maximum Gasteiger partial charge on any atom is 0.431 e. The zero-order valence-corrected chi connectivity index (χ0v) is 8.47. The molecule has 0 saturated carbocycles. The minimum Gasteiger partial charge on any atom is -0.394 e. The van der Waals surface area contributed by atoms with Gasteiger partial charge < -0.3 is 11.1 Å². The number of pyridine rings is 1. The van der Waals surface area contributed by atoms with Gasteiger partial charge in [-0.1, -0.05) is 6.07 Å². The van der Waals surface area contributed by atoms with Crippen molar-refractivity contribution >= 4 is 11.8 Å². The molecular weight excluding hydrogens is 219 g/mol. The van der Waals surface area contributed by atoms with Crippen LogP contribution in [0.2, 0.25) is 0 Å². The molecule has 0 radical (unpaired) electrons. The highest BCUT2D eigenvalue weighted by Crippen LogP contribution is 2.27. The Hall–Kier alpha value is -1.85. The van der Waals surface area contributed by atoms with E-state index in [1.165, 1.54) is 6.07 Å². The van der Waals surface area contributed by atoms with E-state index in [0.717, 1.165) is 0 Å². The maximum atomic E-state index is 12.4. The van der Waals surface area contributed by atoms with Crippen LogP contribution in [-0.2, 0) is 0 Å². The van der Waals surface area contributed by atoms with Crippen LogP contribution in [0, 0.1) is 12.3 Å². The Balaban J connectivity index is 3.33. The number of halogens is 3. The van der Waals surface area contributed by atoms with E-state index < -0.39 is 17.4 Å². The smallest absolute Gasteiger partial charge is 0.394 e. The largest absolute Gasteiger partial charge is 0.431 e. The molecule has 1 aromatic rings. The van der Waals surface area contributed by atoms with Crippen LogP contribution >= 0.6 is 0 Å². The van der Waals surface area contributed by atoms with Crippen LogP contribution in [0.4, 0.5) is 13.2 Å². The minimum atomic E-state index is -4.65. The Morgan fingerprint density at radius 1 is 1.44 bits per heavy atom. The van der Waals surface area contributed by atoms with Gasteiger partial charge in [0.05, 0.1) is 5.69 Å². The Labute approximate surface area is 90.3 Å². The second-order valence-corrected chi connectivity index (χ2v) is 3.13. The summed E-state index contributed by atoms with van der Waals surface area (Å²) in [6.07, 6.45) is -4.09. The summed E-state index contributed by atoms with van der Waals surface area (Å²) >= 11 is 0. The van der Waals surface area contributed by atoms with Crippen LogP contribution in [0.1, 0.15) is 11.4 Å². The summed E-state index contributed by atoms with van der Waals surface area (Å²) in [7, 11) is 0. The summed E-state index contributed by atoms with van der Waals surface area (Å²) in [5.41, 5.74) is 3.83. The Bertz CT molecular complexity index is 435. The first-order valence-electron chi connectivity index (χ1n) is 4.37. The molecule has 3 N–H and O–H groups in total. The van der Waals surface area contributed by atoms with Crippen molar-refractivity contribution < 1.29 is 13.2 Å². The lowest BCUT2D eigenvalue weighted by Crippen LogP contribution is -2.22. The fourth-order valence-electron chi connectivity index (χ4n) is 1.14. The number of nitrogens with one attached hydrogen (secondary N) is 1. The number of nitrogens with zero attached hydrogens (tertiary/aromatic N) is 1. The van der Waals surface area contributed by atoms with Gasteiger partial charge in [0.1, 0.15) is 5.70 Å². The first kappa shape index (κ1) is 12.2. The van der Waals surface area contributed by atoms with Crippen molar-refractivity contribution in [2.24, 2.45) is 5.73 Å². The lowest BCUT2D eigenvalue weighted by molar-refractivity contribution is -0.0918. The number of nitrogens with two attached hydrogens (primary N) is 1. The van der Waals surface area contributed by atoms with E-state index in [4.69, 9.17) is 11.1 Å². The quantitative estimate of drug-likeness (QED) is 0.764. The summed E-state index contributed by atoms with van der Waals surface area (Å²) < 4.78 is 37.1. The molecule has 0 bridgehead atoms. The Kier molecular flexibility index (Phi) is 3.31. The highest BCUT2D eigenvalue weighted by molar-refractivity contribution is 6.08. The summed E-state index contributed by atoms with van der Waals surface area (Å²) in [6, 6.07) is 4.59. The first-order chi connectivity index (χ1) is 7.36. The predicted molar refractivity (Wildman–Crippen MR) is 54.9 cm³/mol. The second kappa shape index (κ2) is 4.34. The van der Waals surface area contributed by atoms with Gasteiger partial charge in [0.2, 0.25) is 0 Å². The molecule has 6 heteroatoms. The van der Waals surface area contributed by atoms with Gasteiger partial charge in [-0.05, 0) is 19.1 Å². The van der Waals surface area contributed by atoms with Gasteiger partial charge in [0.25, 0.3) is 0 Å². The molecule has 0 amide bonds. The third-order valence-corrected chi connectivity index (χ3v) is 1.90. The molecule has 1 heterocycles. The van der Waals surface area contributed by atoms with Crippen LogP contribution in [0.3, 0.4) is 0 Å². The van der Waals surface area contributed by atoms with Crippen molar-refractivity contribution in [2.45, 2.75) is 13.1 Å². The van der Waals surface area contributed by atoms with Gasteiger partial charge in [-0.15, -0.1) is 0 Å². The number of rotatable bonds is 2. The van der Waals surface area contributed by atoms with Gasteiger partial charge >= 0.3 is 6.18 Å². The summed E-state index contributed by atoms with van der Waals surface area (Å²) in [5.74, 6) is 0. The molecule has 0 aromatic carbocycles. The number of alkyl halides is 3. The molecule has 0 fully saturated rings. The van der Waals surface area contributed by atoms with Crippen molar-refractivity contribution in [3.8, 4) is 0 Å². The molecule has 3 nitrogen and oxygen atoms in total. The Morgan fingerprint density at radius 2 is 2.06 bits per heavy atom. The third kappa shape index (κ3) is 2.59. The molecule has 86 valence electrons. The van der Waals surface area contributed by atoms with Crippen molar-refractivity contribution in [1.82, 2.24) is 4.98 Å². The molecule has 0 aliphatic rings. The van der Waals surface area contributed by atoms with Crippen molar-refractivity contribution in [1.29, 1.82) is 5.41 Å². The first-order valence-corrected chi connectivity index (χ1v) is 4.37. The summed E-state index contributed by atoms with van der Waals surface area (Å²) in [6.45, 7) is 1.65. The fourth-order valence-corrected chi connectivity index (χ4v) is 1.14. The van der Waals surface area contributed by atoms with E-state index in [9.17, 15) is 13.2 Å². The van der Waals surface area contributed by atoms with Crippen LogP contribution in [0.15, 0.2) is 23.9 Å². The topological polar surface area (TPSA) is 62.8 Å². The van der Waals surface area contributed by atoms with E-state index in [1.807, 2.05) is 0 Å². The van der Waals surface area contributed by atoms with Gasteiger partial charge in [-0.3, -0.25) is 4.98 Å². The van der Waals surface area contributed by atoms with E-state index >= 15 is 0 Å². The number of hydrogen-bond donors (Lipinski definition) is 2. The van der Waals surface area contributed by atoms with Crippen LogP contribution in [0.25, 0.3) is 5.57 Å². The molecule has 1 aromatic heterocycles. The number of aromatic nitrogens is 1.